The number of carbonyl (C=O) groups excluding carboxylic acids is 1. The smallest absolute Gasteiger partial charge is 0.271 e. The second-order valence-electron chi connectivity index (χ2n) is 5.46. The van der Waals surface area contributed by atoms with Gasteiger partial charge in [0.2, 0.25) is 0 Å². The predicted molar refractivity (Wildman–Crippen MR) is 73.1 cm³/mol. The van der Waals surface area contributed by atoms with Crippen LogP contribution in [0.3, 0.4) is 0 Å². The zero-order valence-electron chi connectivity index (χ0n) is 11.9. The van der Waals surface area contributed by atoms with Crippen molar-refractivity contribution in [1.82, 2.24) is 15.1 Å². The minimum atomic E-state index is -0.0692. The third kappa shape index (κ3) is 3.56. The molecule has 5 nitrogen and oxygen atoms in total. The lowest BCUT2D eigenvalue weighted by Gasteiger charge is -2.27. The summed E-state index contributed by atoms with van der Waals surface area (Å²) in [5.41, 5.74) is 0.502. The van der Waals surface area contributed by atoms with Gasteiger partial charge in [0.15, 0.2) is 0 Å². The van der Waals surface area contributed by atoms with E-state index in [0.29, 0.717) is 11.8 Å². The number of ether oxygens (including phenoxy) is 1. The number of nitrogens with one attached hydrogen (secondary N) is 1. The molecule has 1 aromatic rings. The molecule has 1 heterocycles. The molecule has 0 bridgehead atoms. The first kappa shape index (κ1) is 14.1. The summed E-state index contributed by atoms with van der Waals surface area (Å²) in [5, 5.41) is 7.35. The number of hydrogen-bond donors (Lipinski definition) is 1. The van der Waals surface area contributed by atoms with Crippen molar-refractivity contribution in [3.63, 3.8) is 0 Å². The Labute approximate surface area is 114 Å². The summed E-state index contributed by atoms with van der Waals surface area (Å²) < 4.78 is 7.13. The third-order valence-electron chi connectivity index (χ3n) is 3.71. The van der Waals surface area contributed by atoms with E-state index in [4.69, 9.17) is 4.74 Å². The van der Waals surface area contributed by atoms with Crippen LogP contribution in [0.15, 0.2) is 12.3 Å². The summed E-state index contributed by atoms with van der Waals surface area (Å²) in [6, 6.07) is 2.30. The van der Waals surface area contributed by atoms with Crippen molar-refractivity contribution in [2.24, 2.45) is 0 Å². The Balaban J connectivity index is 1.87. The van der Waals surface area contributed by atoms with Crippen molar-refractivity contribution in [2.45, 2.75) is 57.7 Å². The molecule has 2 rings (SSSR count). The highest BCUT2D eigenvalue weighted by Crippen LogP contribution is 2.20. The molecule has 1 aliphatic carbocycles. The Morgan fingerprint density at radius 1 is 1.42 bits per heavy atom. The average Bonchev–Trinajstić information content (AvgIpc) is 2.89. The number of hydrogen-bond acceptors (Lipinski definition) is 3. The number of amides is 1. The standard InChI is InChI=1S/C14H23N3O2/c1-10(2)17-9-8-13(16-17)14(18)15-11-4-6-12(19-3)7-5-11/h8-12H,4-7H2,1-3H3,(H,15,18). The Hall–Kier alpha value is -1.36. The summed E-state index contributed by atoms with van der Waals surface area (Å²) in [6.07, 6.45) is 6.20. The molecule has 0 unspecified atom stereocenters. The van der Waals surface area contributed by atoms with Gasteiger partial charge in [-0.3, -0.25) is 9.48 Å². The maximum atomic E-state index is 12.1. The fraction of sp³-hybridized carbons (Fsp3) is 0.714. The van der Waals surface area contributed by atoms with Gasteiger partial charge in [0.25, 0.3) is 5.91 Å². The van der Waals surface area contributed by atoms with Crippen LogP contribution in [-0.2, 0) is 4.74 Å². The number of nitrogens with zero attached hydrogens (tertiary/aromatic N) is 2. The Morgan fingerprint density at radius 3 is 2.63 bits per heavy atom. The quantitative estimate of drug-likeness (QED) is 0.907. The van der Waals surface area contributed by atoms with Crippen LogP contribution < -0.4 is 5.32 Å². The molecule has 1 saturated carbocycles. The molecule has 0 radical (unpaired) electrons. The molecule has 1 aliphatic rings. The number of carbonyl (C=O) groups is 1. The van der Waals surface area contributed by atoms with Crippen molar-refractivity contribution in [2.75, 3.05) is 7.11 Å². The van der Waals surface area contributed by atoms with Gasteiger partial charge in [-0.2, -0.15) is 5.10 Å². The molecule has 106 valence electrons. The van der Waals surface area contributed by atoms with Crippen LogP contribution in [0.25, 0.3) is 0 Å². The van der Waals surface area contributed by atoms with Gasteiger partial charge in [-0.1, -0.05) is 0 Å². The monoisotopic (exact) mass is 265 g/mol. The number of methoxy groups -OCH3 is 1. The molecule has 0 aromatic carbocycles. The minimum absolute atomic E-state index is 0.0692. The van der Waals surface area contributed by atoms with Crippen LogP contribution in [-0.4, -0.2) is 34.9 Å². The maximum absolute atomic E-state index is 12.1. The normalized spacial score (nSPS) is 23.6. The van der Waals surface area contributed by atoms with Gasteiger partial charge in [-0.05, 0) is 45.6 Å². The van der Waals surface area contributed by atoms with Crippen molar-refractivity contribution in [1.29, 1.82) is 0 Å². The second kappa shape index (κ2) is 6.19. The molecule has 0 aliphatic heterocycles. The third-order valence-corrected chi connectivity index (χ3v) is 3.71. The molecule has 0 saturated heterocycles. The average molecular weight is 265 g/mol. The van der Waals surface area contributed by atoms with Crippen LogP contribution in [0.4, 0.5) is 0 Å². The molecule has 0 atom stereocenters. The fourth-order valence-electron chi connectivity index (χ4n) is 2.45. The molecule has 1 aromatic heterocycles. The molecule has 0 spiro atoms. The first-order valence-electron chi connectivity index (χ1n) is 6.99. The minimum Gasteiger partial charge on any atom is -0.381 e. The van der Waals surface area contributed by atoms with Gasteiger partial charge in [0.1, 0.15) is 5.69 Å². The summed E-state index contributed by atoms with van der Waals surface area (Å²) in [6.45, 7) is 4.08. The zero-order valence-corrected chi connectivity index (χ0v) is 11.9. The van der Waals surface area contributed by atoms with Gasteiger partial charge in [0, 0.05) is 25.4 Å². The van der Waals surface area contributed by atoms with Gasteiger partial charge >= 0.3 is 0 Å². The van der Waals surface area contributed by atoms with E-state index >= 15 is 0 Å². The summed E-state index contributed by atoms with van der Waals surface area (Å²) in [4.78, 5) is 12.1. The van der Waals surface area contributed by atoms with Gasteiger partial charge < -0.3 is 10.1 Å². The molecular formula is C14H23N3O2. The zero-order chi connectivity index (χ0) is 13.8. The Bertz CT molecular complexity index is 420. The predicted octanol–water partition coefficient (Wildman–Crippen LogP) is 2.15. The van der Waals surface area contributed by atoms with Crippen LogP contribution in [0.2, 0.25) is 0 Å². The van der Waals surface area contributed by atoms with Crippen LogP contribution in [0.1, 0.15) is 56.1 Å². The van der Waals surface area contributed by atoms with E-state index in [1.165, 1.54) is 0 Å². The first-order chi connectivity index (χ1) is 9.10. The largest absolute Gasteiger partial charge is 0.381 e. The number of aromatic nitrogens is 2. The summed E-state index contributed by atoms with van der Waals surface area (Å²) in [7, 11) is 1.75. The van der Waals surface area contributed by atoms with Crippen molar-refractivity contribution < 1.29 is 9.53 Å². The second-order valence-corrected chi connectivity index (χ2v) is 5.46. The lowest BCUT2D eigenvalue weighted by atomic mass is 9.93. The van der Waals surface area contributed by atoms with E-state index in [1.54, 1.807) is 17.9 Å². The molecular weight excluding hydrogens is 242 g/mol. The van der Waals surface area contributed by atoms with Gasteiger partial charge in [-0.25, -0.2) is 0 Å². The molecule has 19 heavy (non-hydrogen) atoms. The fourth-order valence-corrected chi connectivity index (χ4v) is 2.45. The van der Waals surface area contributed by atoms with E-state index in [2.05, 4.69) is 10.4 Å². The Morgan fingerprint density at radius 2 is 2.11 bits per heavy atom. The topological polar surface area (TPSA) is 56.1 Å². The number of rotatable bonds is 4. The van der Waals surface area contributed by atoms with Crippen molar-refractivity contribution in [3.05, 3.63) is 18.0 Å². The van der Waals surface area contributed by atoms with Gasteiger partial charge in [-0.15, -0.1) is 0 Å². The maximum Gasteiger partial charge on any atom is 0.271 e. The molecule has 5 heteroatoms. The summed E-state index contributed by atoms with van der Waals surface area (Å²) in [5.74, 6) is -0.0692. The Kier molecular flexibility index (Phi) is 4.58. The highest BCUT2D eigenvalue weighted by atomic mass is 16.5. The highest BCUT2D eigenvalue weighted by Gasteiger charge is 2.23. The highest BCUT2D eigenvalue weighted by molar-refractivity contribution is 5.92. The van der Waals surface area contributed by atoms with E-state index in [9.17, 15) is 4.79 Å². The van der Waals surface area contributed by atoms with E-state index < -0.39 is 0 Å². The molecule has 1 amide bonds. The first-order valence-corrected chi connectivity index (χ1v) is 6.99. The van der Waals surface area contributed by atoms with Crippen LogP contribution in [0.5, 0.6) is 0 Å². The van der Waals surface area contributed by atoms with E-state index in [1.807, 2.05) is 20.0 Å². The SMILES string of the molecule is COC1CCC(NC(=O)c2ccn(C(C)C)n2)CC1. The van der Waals surface area contributed by atoms with Crippen LogP contribution in [0, 0.1) is 0 Å². The van der Waals surface area contributed by atoms with Gasteiger partial charge in [0.05, 0.1) is 6.10 Å². The van der Waals surface area contributed by atoms with E-state index in [-0.39, 0.29) is 18.0 Å². The molecule has 1 fully saturated rings. The lowest BCUT2D eigenvalue weighted by molar-refractivity contribution is 0.0598. The van der Waals surface area contributed by atoms with Crippen molar-refractivity contribution in [3.8, 4) is 0 Å². The van der Waals surface area contributed by atoms with E-state index in [0.717, 1.165) is 25.7 Å². The van der Waals surface area contributed by atoms with Crippen LogP contribution >= 0.6 is 0 Å². The lowest BCUT2D eigenvalue weighted by Crippen LogP contribution is -2.39. The van der Waals surface area contributed by atoms with Crippen molar-refractivity contribution >= 4 is 5.91 Å². The molecule has 1 N–H and O–H groups in total. The summed E-state index contributed by atoms with van der Waals surface area (Å²) >= 11 is 0.